The molecule has 0 saturated carbocycles. The number of carboxylic acid groups (broad SMARTS) is 1. The van der Waals surface area contributed by atoms with Crippen LogP contribution in [0.2, 0.25) is 0 Å². The van der Waals surface area contributed by atoms with Gasteiger partial charge in [-0.1, -0.05) is 43.2 Å². The summed E-state index contributed by atoms with van der Waals surface area (Å²) in [5.41, 5.74) is 0.755. The highest BCUT2D eigenvalue weighted by molar-refractivity contribution is 5.76. The maximum Gasteiger partial charge on any atom is 0.318 e. The van der Waals surface area contributed by atoms with Crippen LogP contribution in [0.25, 0.3) is 0 Å². The molecule has 5 heteroatoms. The number of rotatable bonds is 7. The number of benzene rings is 1. The molecule has 2 amide bonds. The number of carbonyl (C=O) groups is 2. The second-order valence-electron chi connectivity index (χ2n) is 4.64. The predicted molar refractivity (Wildman–Crippen MR) is 80.7 cm³/mol. The summed E-state index contributed by atoms with van der Waals surface area (Å²) in [6.45, 7) is 2.68. The van der Waals surface area contributed by atoms with Gasteiger partial charge in [-0.2, -0.15) is 0 Å². The second-order valence-corrected chi connectivity index (χ2v) is 4.64. The number of carbonyl (C=O) groups excluding carboxylic acids is 1. The topological polar surface area (TPSA) is 69.6 Å². The summed E-state index contributed by atoms with van der Waals surface area (Å²) in [6.07, 6.45) is 5.86. The van der Waals surface area contributed by atoms with Crippen molar-refractivity contribution in [3.05, 3.63) is 35.9 Å². The number of nitrogens with zero attached hydrogens (tertiary/aromatic N) is 1. The molecule has 0 bridgehead atoms. The third-order valence-electron chi connectivity index (χ3n) is 2.94. The highest BCUT2D eigenvalue weighted by atomic mass is 16.4. The molecule has 2 N–H and O–H groups in total. The van der Waals surface area contributed by atoms with E-state index in [-0.39, 0.29) is 19.0 Å². The fourth-order valence-electron chi connectivity index (χ4n) is 1.99. The molecule has 0 saturated heterocycles. The summed E-state index contributed by atoms with van der Waals surface area (Å²) >= 11 is 0. The maximum absolute atomic E-state index is 12.2. The largest absolute Gasteiger partial charge is 0.481 e. The van der Waals surface area contributed by atoms with Crippen LogP contribution in [0, 0.1) is 12.3 Å². The third-order valence-corrected chi connectivity index (χ3v) is 2.94. The van der Waals surface area contributed by atoms with Crippen molar-refractivity contribution in [1.29, 1.82) is 0 Å². The number of aliphatic carboxylic acids is 1. The molecule has 0 spiro atoms. The molecule has 0 aliphatic rings. The van der Waals surface area contributed by atoms with E-state index in [9.17, 15) is 9.59 Å². The van der Waals surface area contributed by atoms with Crippen molar-refractivity contribution in [3.8, 4) is 12.3 Å². The van der Waals surface area contributed by atoms with Gasteiger partial charge in [0.15, 0.2) is 0 Å². The van der Waals surface area contributed by atoms with E-state index in [0.717, 1.165) is 12.0 Å². The van der Waals surface area contributed by atoms with Crippen LogP contribution in [0.15, 0.2) is 30.3 Å². The van der Waals surface area contributed by atoms with Gasteiger partial charge in [0.05, 0.1) is 19.0 Å². The molecule has 1 unspecified atom stereocenters. The first-order valence-corrected chi connectivity index (χ1v) is 6.84. The average Bonchev–Trinajstić information content (AvgIpc) is 2.46. The molecule has 112 valence electrons. The van der Waals surface area contributed by atoms with E-state index in [0.29, 0.717) is 6.54 Å². The fourth-order valence-corrected chi connectivity index (χ4v) is 1.99. The molecule has 0 heterocycles. The Morgan fingerprint density at radius 3 is 2.57 bits per heavy atom. The quantitative estimate of drug-likeness (QED) is 0.756. The number of urea groups is 1. The van der Waals surface area contributed by atoms with Crippen LogP contribution in [0.4, 0.5) is 4.79 Å². The normalized spacial score (nSPS) is 11.2. The SMILES string of the molecule is C#CCN(CCC)C(=O)NC(CC(=O)O)c1ccccc1. The zero-order valence-electron chi connectivity index (χ0n) is 12.1. The lowest BCUT2D eigenvalue weighted by molar-refractivity contribution is -0.137. The third kappa shape index (κ3) is 5.57. The van der Waals surface area contributed by atoms with E-state index in [4.69, 9.17) is 11.5 Å². The van der Waals surface area contributed by atoms with Gasteiger partial charge in [0.2, 0.25) is 0 Å². The van der Waals surface area contributed by atoms with Crippen LogP contribution in [0.3, 0.4) is 0 Å². The number of hydrogen-bond acceptors (Lipinski definition) is 2. The van der Waals surface area contributed by atoms with Gasteiger partial charge in [-0.05, 0) is 12.0 Å². The van der Waals surface area contributed by atoms with E-state index >= 15 is 0 Å². The van der Waals surface area contributed by atoms with Gasteiger partial charge in [-0.15, -0.1) is 6.42 Å². The van der Waals surface area contributed by atoms with Crippen LogP contribution < -0.4 is 5.32 Å². The van der Waals surface area contributed by atoms with E-state index in [1.54, 1.807) is 12.1 Å². The lowest BCUT2D eigenvalue weighted by Crippen LogP contribution is -2.42. The molecule has 0 aliphatic carbocycles. The number of nitrogens with one attached hydrogen (secondary N) is 1. The van der Waals surface area contributed by atoms with Gasteiger partial charge in [0.25, 0.3) is 0 Å². The summed E-state index contributed by atoms with van der Waals surface area (Å²) in [4.78, 5) is 24.7. The molecular weight excluding hydrogens is 268 g/mol. The lowest BCUT2D eigenvalue weighted by atomic mass is 10.0. The molecular formula is C16H20N2O3. The van der Waals surface area contributed by atoms with Crippen molar-refractivity contribution in [3.63, 3.8) is 0 Å². The van der Waals surface area contributed by atoms with Crippen molar-refractivity contribution in [2.75, 3.05) is 13.1 Å². The number of amides is 2. The first-order chi connectivity index (χ1) is 10.1. The molecule has 1 rings (SSSR count). The Balaban J connectivity index is 2.83. The van der Waals surface area contributed by atoms with Crippen molar-refractivity contribution in [2.45, 2.75) is 25.8 Å². The number of hydrogen-bond donors (Lipinski definition) is 2. The summed E-state index contributed by atoms with van der Waals surface area (Å²) in [6, 6.07) is 8.12. The molecule has 1 aromatic rings. The highest BCUT2D eigenvalue weighted by Gasteiger charge is 2.20. The van der Waals surface area contributed by atoms with Gasteiger partial charge in [-0.25, -0.2) is 4.79 Å². The minimum absolute atomic E-state index is 0.175. The first-order valence-electron chi connectivity index (χ1n) is 6.84. The van der Waals surface area contributed by atoms with E-state index < -0.39 is 12.0 Å². The van der Waals surface area contributed by atoms with Gasteiger partial charge < -0.3 is 15.3 Å². The van der Waals surface area contributed by atoms with Gasteiger partial charge >= 0.3 is 12.0 Å². The fraction of sp³-hybridized carbons (Fsp3) is 0.375. The van der Waals surface area contributed by atoms with Crippen molar-refractivity contribution in [2.24, 2.45) is 0 Å². The van der Waals surface area contributed by atoms with Crippen molar-refractivity contribution < 1.29 is 14.7 Å². The van der Waals surface area contributed by atoms with Gasteiger partial charge in [0.1, 0.15) is 0 Å². The number of terminal acetylenes is 1. The predicted octanol–water partition coefficient (Wildman–Crippen LogP) is 2.26. The Morgan fingerprint density at radius 1 is 1.38 bits per heavy atom. The summed E-state index contributed by atoms with van der Waals surface area (Å²) < 4.78 is 0. The zero-order chi connectivity index (χ0) is 15.7. The van der Waals surface area contributed by atoms with E-state index in [2.05, 4.69) is 11.2 Å². The summed E-state index contributed by atoms with van der Waals surface area (Å²) in [7, 11) is 0. The molecule has 0 aromatic heterocycles. The van der Waals surface area contributed by atoms with E-state index in [1.165, 1.54) is 4.90 Å². The van der Waals surface area contributed by atoms with Crippen LogP contribution in [0.5, 0.6) is 0 Å². The Bertz CT molecular complexity index is 508. The Hall–Kier alpha value is -2.48. The molecule has 21 heavy (non-hydrogen) atoms. The second kappa shape index (κ2) is 8.64. The lowest BCUT2D eigenvalue weighted by Gasteiger charge is -2.24. The van der Waals surface area contributed by atoms with Crippen molar-refractivity contribution >= 4 is 12.0 Å². The number of carboxylic acids is 1. The Kier molecular flexibility index (Phi) is 6.82. The van der Waals surface area contributed by atoms with Crippen molar-refractivity contribution in [1.82, 2.24) is 10.2 Å². The molecule has 5 nitrogen and oxygen atoms in total. The molecule has 0 fully saturated rings. The monoisotopic (exact) mass is 288 g/mol. The molecule has 0 aliphatic heterocycles. The molecule has 1 atom stereocenters. The molecule has 1 aromatic carbocycles. The Morgan fingerprint density at radius 2 is 2.05 bits per heavy atom. The smallest absolute Gasteiger partial charge is 0.318 e. The zero-order valence-corrected chi connectivity index (χ0v) is 12.1. The van der Waals surface area contributed by atoms with E-state index in [1.807, 2.05) is 25.1 Å². The van der Waals surface area contributed by atoms with Crippen LogP contribution in [-0.4, -0.2) is 35.1 Å². The highest BCUT2D eigenvalue weighted by Crippen LogP contribution is 2.17. The molecule has 0 radical (unpaired) electrons. The van der Waals surface area contributed by atoms with Crippen LogP contribution in [0.1, 0.15) is 31.4 Å². The van der Waals surface area contributed by atoms with Gasteiger partial charge in [0, 0.05) is 6.54 Å². The van der Waals surface area contributed by atoms with Gasteiger partial charge in [-0.3, -0.25) is 4.79 Å². The first kappa shape index (κ1) is 16.6. The minimum atomic E-state index is -0.969. The summed E-state index contributed by atoms with van der Waals surface area (Å²) in [5.74, 6) is 1.47. The standard InChI is InChI=1S/C16H20N2O3/c1-3-10-18(11-4-2)16(21)17-14(12-15(19)20)13-8-6-5-7-9-13/h1,5-9,14H,4,10-12H2,2H3,(H,17,21)(H,19,20). The summed E-state index contributed by atoms with van der Waals surface area (Å²) in [5, 5.41) is 11.8. The van der Waals surface area contributed by atoms with Crippen LogP contribution in [-0.2, 0) is 4.79 Å². The Labute approximate surface area is 125 Å². The average molecular weight is 288 g/mol. The maximum atomic E-state index is 12.2. The minimum Gasteiger partial charge on any atom is -0.481 e. The van der Waals surface area contributed by atoms with Crippen LogP contribution >= 0.6 is 0 Å².